The smallest absolute Gasteiger partial charge is 0.252 e. The molecule has 1 aromatic heterocycles. The third-order valence-corrected chi connectivity index (χ3v) is 3.75. The molecule has 2 heterocycles. The van der Waals surface area contributed by atoms with Crippen LogP contribution in [0.1, 0.15) is 25.6 Å². The predicted molar refractivity (Wildman–Crippen MR) is 68.2 cm³/mol. The fourth-order valence-corrected chi connectivity index (χ4v) is 2.91. The second kappa shape index (κ2) is 5.39. The lowest BCUT2D eigenvalue weighted by atomic mass is 10.1. The molecule has 2 N–H and O–H groups in total. The third-order valence-electron chi connectivity index (χ3n) is 2.70. The van der Waals surface area contributed by atoms with E-state index in [0.29, 0.717) is 6.04 Å². The van der Waals surface area contributed by atoms with Gasteiger partial charge in [-0.05, 0) is 24.3 Å². The lowest BCUT2D eigenvalue weighted by Gasteiger charge is -2.22. The minimum Gasteiger partial charge on any atom is -0.367 e. The van der Waals surface area contributed by atoms with Gasteiger partial charge in [0.05, 0.1) is 0 Å². The molecule has 0 aromatic carbocycles. The van der Waals surface area contributed by atoms with Gasteiger partial charge in [-0.2, -0.15) is 11.8 Å². The molecule has 0 unspecified atom stereocenters. The summed E-state index contributed by atoms with van der Waals surface area (Å²) in [5, 5.41) is 3.35. The first-order valence-corrected chi connectivity index (χ1v) is 6.88. The van der Waals surface area contributed by atoms with Crippen molar-refractivity contribution < 1.29 is 0 Å². The van der Waals surface area contributed by atoms with Crippen LogP contribution in [0.4, 0.5) is 5.82 Å². The summed E-state index contributed by atoms with van der Waals surface area (Å²) >= 11 is 1.99. The Bertz CT molecular complexity index is 398. The van der Waals surface area contributed by atoms with Gasteiger partial charge >= 0.3 is 0 Å². The van der Waals surface area contributed by atoms with Crippen LogP contribution >= 0.6 is 11.8 Å². The Morgan fingerprint density at radius 2 is 2.31 bits per heavy atom. The van der Waals surface area contributed by atoms with Crippen LogP contribution < -0.4 is 10.9 Å². The molecule has 1 aliphatic rings. The molecule has 0 aliphatic carbocycles. The maximum absolute atomic E-state index is 11.4. The van der Waals surface area contributed by atoms with Gasteiger partial charge in [-0.25, -0.2) is 4.98 Å². The van der Waals surface area contributed by atoms with Gasteiger partial charge in [0.25, 0.3) is 5.56 Å². The van der Waals surface area contributed by atoms with Crippen LogP contribution in [0.15, 0.2) is 10.9 Å². The average Bonchev–Trinajstić information content (AvgIpc) is 2.29. The Kier molecular flexibility index (Phi) is 3.88. The number of aromatic nitrogens is 2. The average molecular weight is 239 g/mol. The molecule has 4 nitrogen and oxygen atoms in total. The monoisotopic (exact) mass is 239 g/mol. The predicted octanol–water partition coefficient (Wildman–Crippen LogP) is 1.64. The molecule has 1 fully saturated rings. The van der Waals surface area contributed by atoms with Crippen molar-refractivity contribution in [3.63, 3.8) is 0 Å². The van der Waals surface area contributed by atoms with Crippen molar-refractivity contribution in [2.24, 2.45) is 0 Å². The molecule has 0 spiro atoms. The van der Waals surface area contributed by atoms with Gasteiger partial charge in [-0.3, -0.25) is 4.79 Å². The van der Waals surface area contributed by atoms with E-state index >= 15 is 0 Å². The van der Waals surface area contributed by atoms with E-state index in [1.807, 2.05) is 18.7 Å². The van der Waals surface area contributed by atoms with Crippen LogP contribution in [0.25, 0.3) is 0 Å². The number of anilines is 1. The summed E-state index contributed by atoms with van der Waals surface area (Å²) in [6.07, 6.45) is 3.06. The van der Waals surface area contributed by atoms with Crippen molar-refractivity contribution in [2.75, 3.05) is 16.8 Å². The number of hydrogen-bond donors (Lipinski definition) is 2. The highest BCUT2D eigenvalue weighted by Gasteiger charge is 2.14. The van der Waals surface area contributed by atoms with Crippen molar-refractivity contribution in [1.82, 2.24) is 9.97 Å². The SMILES string of the molecule is CCc1nc(NC2CCSCC2)cc(=O)[nH]1. The summed E-state index contributed by atoms with van der Waals surface area (Å²) in [6.45, 7) is 1.99. The maximum Gasteiger partial charge on any atom is 0.252 e. The van der Waals surface area contributed by atoms with E-state index < -0.39 is 0 Å². The number of aryl methyl sites for hydroxylation is 1. The van der Waals surface area contributed by atoms with Gasteiger partial charge < -0.3 is 10.3 Å². The molecule has 1 saturated heterocycles. The number of H-pyrrole nitrogens is 1. The number of nitrogens with one attached hydrogen (secondary N) is 2. The van der Waals surface area contributed by atoms with Crippen LogP contribution in [0, 0.1) is 0 Å². The second-order valence-corrected chi connectivity index (χ2v) is 5.19. The van der Waals surface area contributed by atoms with Crippen LogP contribution in [0.2, 0.25) is 0 Å². The van der Waals surface area contributed by atoms with E-state index in [1.165, 1.54) is 11.5 Å². The van der Waals surface area contributed by atoms with Crippen LogP contribution in [0.5, 0.6) is 0 Å². The van der Waals surface area contributed by atoms with Crippen LogP contribution in [-0.4, -0.2) is 27.5 Å². The quantitative estimate of drug-likeness (QED) is 0.842. The molecule has 0 atom stereocenters. The minimum absolute atomic E-state index is 0.0699. The van der Waals surface area contributed by atoms with E-state index in [-0.39, 0.29) is 5.56 Å². The van der Waals surface area contributed by atoms with E-state index in [1.54, 1.807) is 6.07 Å². The summed E-state index contributed by atoms with van der Waals surface area (Å²) in [6, 6.07) is 2.02. The van der Waals surface area contributed by atoms with Gasteiger partial charge in [0, 0.05) is 18.5 Å². The first-order chi connectivity index (χ1) is 7.78. The van der Waals surface area contributed by atoms with Gasteiger partial charge in [0.2, 0.25) is 0 Å². The molecule has 2 rings (SSSR count). The van der Waals surface area contributed by atoms with Gasteiger partial charge in [0.15, 0.2) is 0 Å². The highest BCUT2D eigenvalue weighted by Crippen LogP contribution is 2.19. The molecule has 16 heavy (non-hydrogen) atoms. The molecule has 1 aliphatic heterocycles. The molecule has 0 amide bonds. The maximum atomic E-state index is 11.4. The largest absolute Gasteiger partial charge is 0.367 e. The van der Waals surface area contributed by atoms with Gasteiger partial charge in [-0.15, -0.1) is 0 Å². The summed E-state index contributed by atoms with van der Waals surface area (Å²) in [7, 11) is 0. The van der Waals surface area contributed by atoms with Crippen LogP contribution in [-0.2, 0) is 6.42 Å². The second-order valence-electron chi connectivity index (χ2n) is 3.96. The molecule has 0 saturated carbocycles. The number of nitrogens with zero attached hydrogens (tertiary/aromatic N) is 1. The Morgan fingerprint density at radius 1 is 1.56 bits per heavy atom. The van der Waals surface area contributed by atoms with E-state index in [0.717, 1.165) is 30.9 Å². The minimum atomic E-state index is -0.0699. The van der Waals surface area contributed by atoms with Crippen molar-refractivity contribution in [2.45, 2.75) is 32.2 Å². The van der Waals surface area contributed by atoms with E-state index in [2.05, 4.69) is 15.3 Å². The Balaban J connectivity index is 2.07. The molecule has 0 bridgehead atoms. The van der Waals surface area contributed by atoms with Crippen molar-refractivity contribution >= 4 is 17.6 Å². The number of hydrogen-bond acceptors (Lipinski definition) is 4. The highest BCUT2D eigenvalue weighted by molar-refractivity contribution is 7.99. The Hall–Kier alpha value is -0.970. The van der Waals surface area contributed by atoms with Gasteiger partial charge in [-0.1, -0.05) is 6.92 Å². The lowest BCUT2D eigenvalue weighted by molar-refractivity contribution is 0.662. The van der Waals surface area contributed by atoms with Crippen molar-refractivity contribution in [3.8, 4) is 0 Å². The van der Waals surface area contributed by atoms with Crippen LogP contribution in [0.3, 0.4) is 0 Å². The normalized spacial score (nSPS) is 17.3. The summed E-state index contributed by atoms with van der Waals surface area (Å²) in [4.78, 5) is 18.5. The Morgan fingerprint density at radius 3 is 3.00 bits per heavy atom. The van der Waals surface area contributed by atoms with Crippen molar-refractivity contribution in [3.05, 3.63) is 22.2 Å². The fourth-order valence-electron chi connectivity index (χ4n) is 1.80. The lowest BCUT2D eigenvalue weighted by Crippen LogP contribution is -2.26. The third kappa shape index (κ3) is 3.01. The molecule has 88 valence electrons. The zero-order chi connectivity index (χ0) is 11.4. The summed E-state index contributed by atoms with van der Waals surface area (Å²) < 4.78 is 0. The molecule has 5 heteroatoms. The standard InChI is InChI=1S/C11H17N3OS/c1-2-9-13-10(7-11(15)14-9)12-8-3-5-16-6-4-8/h7-8H,2-6H2,1H3,(H2,12,13,14,15). The molecule has 1 aromatic rings. The molecular formula is C11H17N3OS. The number of aromatic amines is 1. The first kappa shape index (κ1) is 11.5. The summed E-state index contributed by atoms with van der Waals surface area (Å²) in [5.74, 6) is 3.86. The van der Waals surface area contributed by atoms with E-state index in [9.17, 15) is 4.79 Å². The molecule has 0 radical (unpaired) electrons. The zero-order valence-electron chi connectivity index (χ0n) is 9.45. The van der Waals surface area contributed by atoms with Crippen molar-refractivity contribution in [1.29, 1.82) is 0 Å². The number of thioether (sulfide) groups is 1. The number of rotatable bonds is 3. The zero-order valence-corrected chi connectivity index (χ0v) is 10.3. The Labute approximate surface area is 99.3 Å². The van der Waals surface area contributed by atoms with E-state index in [4.69, 9.17) is 0 Å². The molecular weight excluding hydrogens is 222 g/mol. The fraction of sp³-hybridized carbons (Fsp3) is 0.636. The first-order valence-electron chi connectivity index (χ1n) is 5.72. The topological polar surface area (TPSA) is 57.8 Å². The van der Waals surface area contributed by atoms with Gasteiger partial charge in [0.1, 0.15) is 11.6 Å². The highest BCUT2D eigenvalue weighted by atomic mass is 32.2. The summed E-state index contributed by atoms with van der Waals surface area (Å²) in [5.41, 5.74) is -0.0699.